The van der Waals surface area contributed by atoms with Gasteiger partial charge in [-0.1, -0.05) is 22.0 Å². The predicted octanol–water partition coefficient (Wildman–Crippen LogP) is 2.51. The second kappa shape index (κ2) is 3.92. The van der Waals surface area contributed by atoms with Crippen LogP contribution in [-0.2, 0) is 0 Å². The van der Waals surface area contributed by atoms with Gasteiger partial charge in [0.2, 0.25) is 0 Å². The van der Waals surface area contributed by atoms with Crippen molar-refractivity contribution in [1.82, 2.24) is 0 Å². The normalized spacial score (nSPS) is 12.7. The lowest BCUT2D eigenvalue weighted by atomic mass is 10.1. The summed E-state index contributed by atoms with van der Waals surface area (Å²) in [6, 6.07) is 5.50. The van der Waals surface area contributed by atoms with Crippen LogP contribution in [0.5, 0.6) is 5.75 Å². The minimum absolute atomic E-state index is 0.453. The number of rotatable bonds is 2. The van der Waals surface area contributed by atoms with Crippen molar-refractivity contribution < 1.29 is 9.84 Å². The molecule has 0 fully saturated rings. The maximum Gasteiger partial charge on any atom is 0.120 e. The van der Waals surface area contributed by atoms with Crippen molar-refractivity contribution in [1.29, 1.82) is 0 Å². The van der Waals surface area contributed by atoms with E-state index < -0.39 is 6.10 Å². The van der Waals surface area contributed by atoms with E-state index in [2.05, 4.69) is 15.9 Å². The van der Waals surface area contributed by atoms with Gasteiger partial charge >= 0.3 is 0 Å². The molecule has 1 aromatic rings. The molecule has 1 unspecified atom stereocenters. The number of aliphatic hydroxyl groups is 1. The average molecular weight is 231 g/mol. The molecule has 1 aromatic carbocycles. The fourth-order valence-electron chi connectivity index (χ4n) is 0.974. The maximum absolute atomic E-state index is 9.30. The van der Waals surface area contributed by atoms with Crippen LogP contribution in [0.3, 0.4) is 0 Å². The number of hydrogen-bond donors (Lipinski definition) is 1. The quantitative estimate of drug-likeness (QED) is 0.847. The van der Waals surface area contributed by atoms with Crippen LogP contribution in [0.25, 0.3) is 0 Å². The molecule has 66 valence electrons. The summed E-state index contributed by atoms with van der Waals surface area (Å²) in [7, 11) is 1.61. The van der Waals surface area contributed by atoms with Gasteiger partial charge in [-0.2, -0.15) is 0 Å². The Morgan fingerprint density at radius 1 is 1.50 bits per heavy atom. The van der Waals surface area contributed by atoms with Gasteiger partial charge in [0.25, 0.3) is 0 Å². The van der Waals surface area contributed by atoms with Crippen molar-refractivity contribution in [3.05, 3.63) is 28.2 Å². The molecule has 0 spiro atoms. The molecular weight excluding hydrogens is 220 g/mol. The van der Waals surface area contributed by atoms with E-state index in [-0.39, 0.29) is 0 Å². The molecular formula is C9H11BrO2. The summed E-state index contributed by atoms with van der Waals surface area (Å²) in [6.45, 7) is 1.73. The average Bonchev–Trinajstić information content (AvgIpc) is 2.03. The van der Waals surface area contributed by atoms with Gasteiger partial charge in [-0.25, -0.2) is 0 Å². The number of methoxy groups -OCH3 is 1. The number of benzene rings is 1. The van der Waals surface area contributed by atoms with E-state index in [1.54, 1.807) is 14.0 Å². The molecule has 3 heteroatoms. The van der Waals surface area contributed by atoms with E-state index in [0.29, 0.717) is 0 Å². The van der Waals surface area contributed by atoms with E-state index in [1.807, 2.05) is 18.2 Å². The zero-order valence-electron chi connectivity index (χ0n) is 7.04. The van der Waals surface area contributed by atoms with E-state index in [0.717, 1.165) is 15.8 Å². The van der Waals surface area contributed by atoms with Crippen LogP contribution in [0.15, 0.2) is 22.7 Å². The fourth-order valence-corrected chi connectivity index (χ4v) is 1.66. The van der Waals surface area contributed by atoms with Crippen molar-refractivity contribution in [3.8, 4) is 5.75 Å². The monoisotopic (exact) mass is 230 g/mol. The van der Waals surface area contributed by atoms with Gasteiger partial charge in [0.1, 0.15) is 5.75 Å². The van der Waals surface area contributed by atoms with Gasteiger partial charge in [0.05, 0.1) is 13.2 Å². The third kappa shape index (κ3) is 1.99. The number of hydrogen-bond acceptors (Lipinski definition) is 2. The first-order valence-corrected chi connectivity index (χ1v) is 4.46. The molecule has 1 N–H and O–H groups in total. The van der Waals surface area contributed by atoms with Gasteiger partial charge in [-0.05, 0) is 24.6 Å². The first kappa shape index (κ1) is 9.55. The summed E-state index contributed by atoms with van der Waals surface area (Å²) in [5, 5.41) is 9.30. The summed E-state index contributed by atoms with van der Waals surface area (Å²) in [4.78, 5) is 0. The second-order valence-corrected chi connectivity index (χ2v) is 3.42. The predicted molar refractivity (Wildman–Crippen MR) is 51.3 cm³/mol. The van der Waals surface area contributed by atoms with Gasteiger partial charge in [-0.3, -0.25) is 0 Å². The largest absolute Gasteiger partial charge is 0.497 e. The lowest BCUT2D eigenvalue weighted by molar-refractivity contribution is 0.198. The van der Waals surface area contributed by atoms with Crippen molar-refractivity contribution >= 4 is 15.9 Å². The standard InChI is InChI=1S/C9H11BrO2/c1-6(11)8-4-3-7(12-2)5-9(8)10/h3-6,11H,1-2H3. The van der Waals surface area contributed by atoms with Crippen LogP contribution in [0.2, 0.25) is 0 Å². The van der Waals surface area contributed by atoms with Crippen LogP contribution in [0, 0.1) is 0 Å². The number of ether oxygens (including phenoxy) is 1. The Morgan fingerprint density at radius 3 is 2.58 bits per heavy atom. The van der Waals surface area contributed by atoms with Crippen LogP contribution < -0.4 is 4.74 Å². The molecule has 0 aliphatic carbocycles. The summed E-state index contributed by atoms with van der Waals surface area (Å²) < 4.78 is 5.89. The highest BCUT2D eigenvalue weighted by atomic mass is 79.9. The molecule has 0 heterocycles. The minimum Gasteiger partial charge on any atom is -0.497 e. The Morgan fingerprint density at radius 2 is 2.17 bits per heavy atom. The first-order chi connectivity index (χ1) is 5.65. The lowest BCUT2D eigenvalue weighted by Crippen LogP contribution is -1.93. The molecule has 0 amide bonds. The van der Waals surface area contributed by atoms with Crippen molar-refractivity contribution in [2.75, 3.05) is 7.11 Å². The van der Waals surface area contributed by atoms with Gasteiger partial charge in [-0.15, -0.1) is 0 Å². The summed E-state index contributed by atoms with van der Waals surface area (Å²) in [6.07, 6.45) is -0.453. The molecule has 0 aromatic heterocycles. The summed E-state index contributed by atoms with van der Waals surface area (Å²) >= 11 is 3.35. The topological polar surface area (TPSA) is 29.5 Å². The summed E-state index contributed by atoms with van der Waals surface area (Å²) in [5.74, 6) is 0.784. The number of halogens is 1. The third-order valence-electron chi connectivity index (χ3n) is 1.66. The van der Waals surface area contributed by atoms with Crippen molar-refractivity contribution in [3.63, 3.8) is 0 Å². The molecule has 12 heavy (non-hydrogen) atoms. The van der Waals surface area contributed by atoms with Crippen LogP contribution in [0.4, 0.5) is 0 Å². The third-order valence-corrected chi connectivity index (χ3v) is 2.34. The molecule has 0 aliphatic rings. The highest BCUT2D eigenvalue weighted by Gasteiger charge is 2.05. The Bertz CT molecular complexity index is 271. The zero-order chi connectivity index (χ0) is 9.14. The van der Waals surface area contributed by atoms with Crippen molar-refractivity contribution in [2.45, 2.75) is 13.0 Å². The van der Waals surface area contributed by atoms with Gasteiger partial charge in [0.15, 0.2) is 0 Å². The summed E-state index contributed by atoms with van der Waals surface area (Å²) in [5.41, 5.74) is 0.871. The molecule has 0 saturated carbocycles. The maximum atomic E-state index is 9.30. The van der Waals surface area contributed by atoms with Gasteiger partial charge in [0, 0.05) is 4.47 Å². The van der Waals surface area contributed by atoms with Crippen LogP contribution in [-0.4, -0.2) is 12.2 Å². The lowest BCUT2D eigenvalue weighted by Gasteiger charge is -2.08. The number of aliphatic hydroxyl groups excluding tert-OH is 1. The zero-order valence-corrected chi connectivity index (χ0v) is 8.63. The van der Waals surface area contributed by atoms with Gasteiger partial charge < -0.3 is 9.84 Å². The Hall–Kier alpha value is -0.540. The Balaban J connectivity index is 3.03. The van der Waals surface area contributed by atoms with Crippen LogP contribution in [0.1, 0.15) is 18.6 Å². The Labute approximate surface area is 80.3 Å². The smallest absolute Gasteiger partial charge is 0.120 e. The molecule has 1 atom stereocenters. The van der Waals surface area contributed by atoms with E-state index in [4.69, 9.17) is 4.74 Å². The molecule has 0 saturated heterocycles. The molecule has 0 bridgehead atoms. The fraction of sp³-hybridized carbons (Fsp3) is 0.333. The first-order valence-electron chi connectivity index (χ1n) is 3.66. The molecule has 2 nitrogen and oxygen atoms in total. The molecule has 0 radical (unpaired) electrons. The van der Waals surface area contributed by atoms with Crippen LogP contribution >= 0.6 is 15.9 Å². The minimum atomic E-state index is -0.453. The molecule has 1 rings (SSSR count). The van der Waals surface area contributed by atoms with E-state index >= 15 is 0 Å². The van der Waals surface area contributed by atoms with Crippen molar-refractivity contribution in [2.24, 2.45) is 0 Å². The Kier molecular flexibility index (Phi) is 3.12. The SMILES string of the molecule is COc1ccc(C(C)O)c(Br)c1. The van der Waals surface area contributed by atoms with E-state index in [1.165, 1.54) is 0 Å². The second-order valence-electron chi connectivity index (χ2n) is 2.56. The highest BCUT2D eigenvalue weighted by molar-refractivity contribution is 9.10. The highest BCUT2D eigenvalue weighted by Crippen LogP contribution is 2.27. The molecule has 0 aliphatic heterocycles. The van der Waals surface area contributed by atoms with E-state index in [9.17, 15) is 5.11 Å².